The minimum Gasteiger partial charge on any atom is -0.327 e. The van der Waals surface area contributed by atoms with E-state index in [0.29, 0.717) is 18.4 Å². The number of aromatic nitrogens is 3. The third-order valence-electron chi connectivity index (χ3n) is 3.71. The Balaban J connectivity index is 1.82. The zero-order valence-corrected chi connectivity index (χ0v) is 14.7. The van der Waals surface area contributed by atoms with Crippen molar-refractivity contribution in [2.24, 2.45) is 5.73 Å². The molecule has 0 aliphatic heterocycles. The molecule has 5 nitrogen and oxygen atoms in total. The van der Waals surface area contributed by atoms with Gasteiger partial charge in [0.05, 0.1) is 19.4 Å². The first-order valence-electron chi connectivity index (χ1n) is 7.34. The molecule has 0 saturated heterocycles. The van der Waals surface area contributed by atoms with Crippen LogP contribution in [0.25, 0.3) is 10.4 Å². The molecule has 0 amide bonds. The average molecular weight is 364 g/mol. The molecule has 0 atom stereocenters. The third kappa shape index (κ3) is 3.40. The van der Waals surface area contributed by atoms with Crippen LogP contribution >= 0.6 is 22.7 Å². The first-order valence-corrected chi connectivity index (χ1v) is 9.10. The Morgan fingerprint density at radius 1 is 1.50 bits per heavy atom. The van der Waals surface area contributed by atoms with Crippen LogP contribution in [0.2, 0.25) is 0 Å². The van der Waals surface area contributed by atoms with Crippen molar-refractivity contribution in [3.63, 3.8) is 0 Å². The van der Waals surface area contributed by atoms with Gasteiger partial charge in [-0.25, -0.2) is 13.9 Å². The minimum absolute atomic E-state index is 0.0594. The Labute approximate surface area is 146 Å². The van der Waals surface area contributed by atoms with Gasteiger partial charge >= 0.3 is 5.69 Å². The number of aryl methyl sites for hydroxylation is 1. The van der Waals surface area contributed by atoms with Gasteiger partial charge in [0, 0.05) is 21.9 Å². The molecule has 2 N–H and O–H groups in total. The molecule has 3 heterocycles. The Morgan fingerprint density at radius 2 is 2.33 bits per heavy atom. The topological polar surface area (TPSA) is 65.8 Å². The molecular weight excluding hydrogens is 347 g/mol. The lowest BCUT2D eigenvalue weighted by atomic mass is 10.2. The van der Waals surface area contributed by atoms with Crippen LogP contribution in [0.3, 0.4) is 0 Å². The predicted octanol–water partition coefficient (Wildman–Crippen LogP) is 3.00. The van der Waals surface area contributed by atoms with Gasteiger partial charge in [0.25, 0.3) is 0 Å². The highest BCUT2D eigenvalue weighted by atomic mass is 32.1. The van der Waals surface area contributed by atoms with Crippen molar-refractivity contribution in [2.75, 3.05) is 6.54 Å². The van der Waals surface area contributed by atoms with Crippen molar-refractivity contribution in [1.29, 1.82) is 0 Å². The Kier molecular flexibility index (Phi) is 5.08. The van der Waals surface area contributed by atoms with Crippen LogP contribution in [0.5, 0.6) is 0 Å². The molecule has 0 unspecified atom stereocenters. The summed E-state index contributed by atoms with van der Waals surface area (Å²) in [6.45, 7) is 2.62. The van der Waals surface area contributed by atoms with E-state index in [-0.39, 0.29) is 18.8 Å². The van der Waals surface area contributed by atoms with Gasteiger partial charge in [-0.1, -0.05) is 0 Å². The Morgan fingerprint density at radius 3 is 3.00 bits per heavy atom. The van der Waals surface area contributed by atoms with Gasteiger partial charge in [-0.3, -0.25) is 4.57 Å². The van der Waals surface area contributed by atoms with E-state index in [1.54, 1.807) is 22.7 Å². The zero-order valence-electron chi connectivity index (χ0n) is 13.1. The van der Waals surface area contributed by atoms with Crippen molar-refractivity contribution >= 4 is 22.7 Å². The van der Waals surface area contributed by atoms with E-state index in [2.05, 4.69) is 22.6 Å². The summed E-state index contributed by atoms with van der Waals surface area (Å²) >= 11 is 3.33. The molecule has 3 aromatic heterocycles. The lowest BCUT2D eigenvalue weighted by Crippen LogP contribution is -2.27. The monoisotopic (exact) mass is 364 g/mol. The second kappa shape index (κ2) is 7.25. The highest BCUT2D eigenvalue weighted by Gasteiger charge is 2.12. The average Bonchev–Trinajstić information content (AvgIpc) is 3.29. The molecule has 0 radical (unpaired) electrons. The van der Waals surface area contributed by atoms with E-state index < -0.39 is 0 Å². The summed E-state index contributed by atoms with van der Waals surface area (Å²) in [7, 11) is 0. The highest BCUT2D eigenvalue weighted by molar-refractivity contribution is 7.16. The van der Waals surface area contributed by atoms with Crippen molar-refractivity contribution in [2.45, 2.75) is 20.0 Å². The number of rotatable bonds is 6. The molecule has 0 aromatic carbocycles. The van der Waals surface area contributed by atoms with Crippen LogP contribution in [-0.4, -0.2) is 20.9 Å². The van der Waals surface area contributed by atoms with Crippen LogP contribution in [0.1, 0.15) is 10.4 Å². The molecule has 0 bridgehead atoms. The fourth-order valence-electron chi connectivity index (χ4n) is 2.30. The number of hydrogen-bond acceptors (Lipinski definition) is 5. The van der Waals surface area contributed by atoms with Crippen molar-refractivity contribution in [3.8, 4) is 10.4 Å². The van der Waals surface area contributed by atoms with Gasteiger partial charge < -0.3 is 5.73 Å². The maximum atomic E-state index is 12.6. The van der Waals surface area contributed by atoms with Gasteiger partial charge in [0.2, 0.25) is 0 Å². The SMILES string of the molecule is Cc1cc(-c2ccsc2)sc1Cn1cnn(C/C(=C/F)CN)c1=O. The summed E-state index contributed by atoms with van der Waals surface area (Å²) in [5, 5.41) is 8.20. The quantitative estimate of drug-likeness (QED) is 0.731. The summed E-state index contributed by atoms with van der Waals surface area (Å²) in [4.78, 5) is 14.7. The molecule has 3 rings (SSSR count). The van der Waals surface area contributed by atoms with E-state index in [0.717, 1.165) is 10.4 Å². The summed E-state index contributed by atoms with van der Waals surface area (Å²) in [6, 6.07) is 4.22. The number of halogens is 1. The molecule has 3 aromatic rings. The Bertz CT molecular complexity index is 905. The molecule has 0 aliphatic rings. The summed E-state index contributed by atoms with van der Waals surface area (Å²) in [6.07, 6.45) is 1.92. The maximum Gasteiger partial charge on any atom is 0.346 e. The van der Waals surface area contributed by atoms with Crippen LogP contribution in [0.15, 0.2) is 45.9 Å². The number of nitrogens with two attached hydrogens (primary N) is 1. The molecule has 0 aliphatic carbocycles. The molecule has 0 saturated carbocycles. The lowest BCUT2D eigenvalue weighted by Gasteiger charge is -2.02. The summed E-state index contributed by atoms with van der Waals surface area (Å²) in [5.41, 5.74) is 7.83. The van der Waals surface area contributed by atoms with Crippen LogP contribution in [-0.2, 0) is 13.1 Å². The smallest absolute Gasteiger partial charge is 0.327 e. The van der Waals surface area contributed by atoms with E-state index in [1.807, 2.05) is 12.3 Å². The minimum atomic E-state index is -0.271. The Hall–Kier alpha value is -2.03. The molecule has 24 heavy (non-hydrogen) atoms. The molecule has 8 heteroatoms. The number of nitrogens with zero attached hydrogens (tertiary/aromatic N) is 3. The van der Waals surface area contributed by atoms with E-state index in [4.69, 9.17) is 5.73 Å². The number of thiophene rings is 2. The summed E-state index contributed by atoms with van der Waals surface area (Å²) < 4.78 is 15.4. The van der Waals surface area contributed by atoms with Crippen LogP contribution in [0, 0.1) is 6.92 Å². The van der Waals surface area contributed by atoms with E-state index in [9.17, 15) is 9.18 Å². The highest BCUT2D eigenvalue weighted by Crippen LogP contribution is 2.32. The van der Waals surface area contributed by atoms with Crippen LogP contribution in [0.4, 0.5) is 4.39 Å². The summed E-state index contributed by atoms with van der Waals surface area (Å²) in [5.74, 6) is 0. The first kappa shape index (κ1) is 16.8. The molecule has 0 fully saturated rings. The largest absolute Gasteiger partial charge is 0.346 e. The second-order valence-corrected chi connectivity index (χ2v) is 7.32. The fraction of sp³-hybridized carbons (Fsp3) is 0.250. The number of hydrogen-bond donors (Lipinski definition) is 1. The maximum absolute atomic E-state index is 12.6. The fourth-order valence-corrected chi connectivity index (χ4v) is 4.20. The van der Waals surface area contributed by atoms with Crippen molar-refractivity contribution in [3.05, 3.63) is 62.0 Å². The first-order chi connectivity index (χ1) is 11.6. The van der Waals surface area contributed by atoms with E-state index in [1.165, 1.54) is 26.0 Å². The van der Waals surface area contributed by atoms with Gasteiger partial charge in [-0.15, -0.1) is 11.3 Å². The van der Waals surface area contributed by atoms with Crippen molar-refractivity contribution in [1.82, 2.24) is 14.3 Å². The molecule has 0 spiro atoms. The third-order valence-corrected chi connectivity index (χ3v) is 5.66. The van der Waals surface area contributed by atoms with Gasteiger partial charge in [0.15, 0.2) is 0 Å². The molecule has 126 valence electrons. The van der Waals surface area contributed by atoms with E-state index >= 15 is 0 Å². The van der Waals surface area contributed by atoms with Crippen molar-refractivity contribution < 1.29 is 4.39 Å². The molecular formula is C16H17FN4OS2. The lowest BCUT2D eigenvalue weighted by molar-refractivity contribution is 0.604. The van der Waals surface area contributed by atoms with Gasteiger partial charge in [0.1, 0.15) is 6.33 Å². The van der Waals surface area contributed by atoms with Gasteiger partial charge in [-0.2, -0.15) is 16.4 Å². The van der Waals surface area contributed by atoms with Crippen LogP contribution < -0.4 is 11.4 Å². The zero-order chi connectivity index (χ0) is 17.1. The standard InChI is InChI=1S/C16H17FN4OS2/c1-11-4-14(13-2-3-23-9-13)24-15(11)8-20-10-19-21(16(20)22)7-12(5-17)6-18/h2-5,9-10H,6-8,18H2,1H3/b12-5+. The van der Waals surface area contributed by atoms with Gasteiger partial charge in [-0.05, 0) is 41.0 Å². The predicted molar refractivity (Wildman–Crippen MR) is 96.2 cm³/mol. The second-order valence-electron chi connectivity index (χ2n) is 5.40. The normalized spacial score (nSPS) is 12.0.